The van der Waals surface area contributed by atoms with Gasteiger partial charge in [0.05, 0.1) is 5.92 Å². The maximum absolute atomic E-state index is 11.9. The van der Waals surface area contributed by atoms with E-state index in [1.807, 2.05) is 0 Å². The molecule has 0 radical (unpaired) electrons. The van der Waals surface area contributed by atoms with Crippen molar-refractivity contribution in [3.05, 3.63) is 0 Å². The van der Waals surface area contributed by atoms with Crippen molar-refractivity contribution >= 4 is 12.0 Å². The topological polar surface area (TPSA) is 78.4 Å². The van der Waals surface area contributed by atoms with E-state index in [1.54, 1.807) is 6.92 Å². The molecule has 0 spiro atoms. The van der Waals surface area contributed by atoms with E-state index in [2.05, 4.69) is 17.6 Å². The van der Waals surface area contributed by atoms with Gasteiger partial charge in [0, 0.05) is 12.6 Å². The molecule has 2 aliphatic rings. The second-order valence-electron chi connectivity index (χ2n) is 6.91. The molecule has 5 nitrogen and oxygen atoms in total. The summed E-state index contributed by atoms with van der Waals surface area (Å²) in [7, 11) is 0. The summed E-state index contributed by atoms with van der Waals surface area (Å²) in [6.07, 6.45) is 6.62. The van der Waals surface area contributed by atoms with Crippen LogP contribution in [0.15, 0.2) is 0 Å². The van der Waals surface area contributed by atoms with E-state index in [-0.39, 0.29) is 18.0 Å². The van der Waals surface area contributed by atoms with Gasteiger partial charge >= 0.3 is 12.0 Å². The van der Waals surface area contributed by atoms with Crippen LogP contribution in [0, 0.1) is 23.7 Å². The standard InChI is InChI=1S/C16H28N2O3/c1-10(15(19)20)4-3-7-17-16(21)18-11(2)14-9-12-5-6-13(14)8-12/h10-14H,3-9H2,1-2H3,(H,19,20)(H2,17,18,21). The van der Waals surface area contributed by atoms with Crippen LogP contribution in [0.3, 0.4) is 0 Å². The van der Waals surface area contributed by atoms with Crippen LogP contribution < -0.4 is 10.6 Å². The number of rotatable bonds is 7. The summed E-state index contributed by atoms with van der Waals surface area (Å²) in [5.41, 5.74) is 0. The van der Waals surface area contributed by atoms with Gasteiger partial charge in [-0.1, -0.05) is 13.3 Å². The first-order valence-corrected chi connectivity index (χ1v) is 8.24. The van der Waals surface area contributed by atoms with Crippen LogP contribution >= 0.6 is 0 Å². The Bertz CT molecular complexity index is 386. The molecule has 2 aliphatic carbocycles. The van der Waals surface area contributed by atoms with Gasteiger partial charge in [0.25, 0.3) is 0 Å². The van der Waals surface area contributed by atoms with Gasteiger partial charge in [-0.2, -0.15) is 0 Å². The van der Waals surface area contributed by atoms with Crippen molar-refractivity contribution in [2.24, 2.45) is 23.7 Å². The molecular formula is C16H28N2O3. The molecule has 0 aromatic heterocycles. The highest BCUT2D eigenvalue weighted by atomic mass is 16.4. The molecule has 0 aliphatic heterocycles. The highest BCUT2D eigenvalue weighted by Crippen LogP contribution is 2.49. The van der Waals surface area contributed by atoms with Gasteiger partial charge in [0.1, 0.15) is 0 Å². The molecule has 2 saturated carbocycles. The van der Waals surface area contributed by atoms with Gasteiger partial charge in [-0.25, -0.2) is 4.79 Å². The van der Waals surface area contributed by atoms with Crippen LogP contribution in [0.4, 0.5) is 4.79 Å². The molecule has 2 amide bonds. The molecule has 120 valence electrons. The molecule has 21 heavy (non-hydrogen) atoms. The second-order valence-corrected chi connectivity index (χ2v) is 6.91. The molecule has 5 atom stereocenters. The lowest BCUT2D eigenvalue weighted by Crippen LogP contribution is -2.45. The quantitative estimate of drug-likeness (QED) is 0.632. The number of nitrogens with one attached hydrogen (secondary N) is 2. The summed E-state index contributed by atoms with van der Waals surface area (Å²) in [4.78, 5) is 22.5. The fraction of sp³-hybridized carbons (Fsp3) is 0.875. The Morgan fingerprint density at radius 3 is 2.57 bits per heavy atom. The first kappa shape index (κ1) is 16.1. The van der Waals surface area contributed by atoms with Crippen LogP contribution in [0.25, 0.3) is 0 Å². The predicted molar refractivity (Wildman–Crippen MR) is 81.0 cm³/mol. The monoisotopic (exact) mass is 296 g/mol. The number of hydrogen-bond donors (Lipinski definition) is 3. The van der Waals surface area contributed by atoms with E-state index in [9.17, 15) is 9.59 Å². The van der Waals surface area contributed by atoms with Crippen molar-refractivity contribution in [2.45, 2.75) is 58.4 Å². The van der Waals surface area contributed by atoms with Crippen LogP contribution in [-0.4, -0.2) is 29.7 Å². The number of amides is 2. The van der Waals surface area contributed by atoms with Crippen molar-refractivity contribution in [3.63, 3.8) is 0 Å². The van der Waals surface area contributed by atoms with Gasteiger partial charge in [0.2, 0.25) is 0 Å². The summed E-state index contributed by atoms with van der Waals surface area (Å²) in [5, 5.41) is 14.7. The lowest BCUT2D eigenvalue weighted by Gasteiger charge is -2.28. The van der Waals surface area contributed by atoms with Gasteiger partial charge in [-0.15, -0.1) is 0 Å². The third-order valence-corrected chi connectivity index (χ3v) is 5.31. The predicted octanol–water partition coefficient (Wildman–Crippen LogP) is 2.61. The minimum atomic E-state index is -0.774. The third-order valence-electron chi connectivity index (χ3n) is 5.31. The number of carbonyl (C=O) groups excluding carboxylic acids is 1. The Balaban J connectivity index is 1.60. The van der Waals surface area contributed by atoms with Gasteiger partial charge in [-0.05, 0) is 56.8 Å². The maximum atomic E-state index is 11.9. The minimum absolute atomic E-state index is 0.117. The highest BCUT2D eigenvalue weighted by molar-refractivity contribution is 5.74. The normalized spacial score (nSPS) is 29.9. The smallest absolute Gasteiger partial charge is 0.315 e. The largest absolute Gasteiger partial charge is 0.481 e. The van der Waals surface area contributed by atoms with E-state index in [0.717, 1.165) is 11.8 Å². The fourth-order valence-electron chi connectivity index (χ4n) is 4.00. The summed E-state index contributed by atoms with van der Waals surface area (Å²) < 4.78 is 0. The van der Waals surface area contributed by atoms with Crippen LogP contribution in [0.5, 0.6) is 0 Å². The van der Waals surface area contributed by atoms with Crippen molar-refractivity contribution in [2.75, 3.05) is 6.54 Å². The molecule has 5 heteroatoms. The highest BCUT2D eigenvalue weighted by Gasteiger charge is 2.42. The Kier molecular flexibility index (Phi) is 5.48. The number of fused-ring (bicyclic) bond motifs is 2. The average molecular weight is 296 g/mol. The van der Waals surface area contributed by atoms with Crippen LogP contribution in [-0.2, 0) is 4.79 Å². The zero-order valence-electron chi connectivity index (χ0n) is 13.1. The van der Waals surface area contributed by atoms with E-state index >= 15 is 0 Å². The number of carboxylic acid groups (broad SMARTS) is 1. The lowest BCUT2D eigenvalue weighted by atomic mass is 9.84. The van der Waals surface area contributed by atoms with Crippen molar-refractivity contribution in [1.29, 1.82) is 0 Å². The fourth-order valence-corrected chi connectivity index (χ4v) is 4.00. The Morgan fingerprint density at radius 1 is 1.24 bits per heavy atom. The molecule has 3 N–H and O–H groups in total. The Labute approximate surface area is 126 Å². The number of aliphatic carboxylic acids is 1. The first-order chi connectivity index (χ1) is 9.97. The van der Waals surface area contributed by atoms with Gasteiger partial charge in [0.15, 0.2) is 0 Å². The molecule has 0 heterocycles. The van der Waals surface area contributed by atoms with Gasteiger partial charge in [-0.3, -0.25) is 4.79 Å². The molecule has 2 fully saturated rings. The number of carbonyl (C=O) groups is 2. The summed E-state index contributed by atoms with van der Waals surface area (Å²) in [6.45, 7) is 4.34. The van der Waals surface area contributed by atoms with Crippen molar-refractivity contribution in [1.82, 2.24) is 10.6 Å². The SMILES string of the molecule is CC(CCCNC(=O)NC(C)C1CC2CCC1C2)C(=O)O. The van der Waals surface area contributed by atoms with Crippen LogP contribution in [0.1, 0.15) is 52.4 Å². The summed E-state index contributed by atoms with van der Waals surface area (Å²) >= 11 is 0. The molecular weight excluding hydrogens is 268 g/mol. The van der Waals surface area contributed by atoms with Crippen molar-refractivity contribution in [3.8, 4) is 0 Å². The Morgan fingerprint density at radius 2 is 2.00 bits per heavy atom. The first-order valence-electron chi connectivity index (χ1n) is 8.24. The molecule has 0 aromatic carbocycles. The number of carboxylic acids is 1. The number of hydrogen-bond acceptors (Lipinski definition) is 2. The third kappa shape index (κ3) is 4.35. The second kappa shape index (κ2) is 7.14. The van der Waals surface area contributed by atoms with Crippen LogP contribution in [0.2, 0.25) is 0 Å². The van der Waals surface area contributed by atoms with Gasteiger partial charge < -0.3 is 15.7 Å². The van der Waals surface area contributed by atoms with E-state index in [4.69, 9.17) is 5.11 Å². The molecule has 0 saturated heterocycles. The van der Waals surface area contributed by atoms with E-state index in [1.165, 1.54) is 25.7 Å². The maximum Gasteiger partial charge on any atom is 0.315 e. The zero-order valence-corrected chi connectivity index (χ0v) is 13.1. The molecule has 5 unspecified atom stereocenters. The Hall–Kier alpha value is -1.26. The molecule has 0 aromatic rings. The molecule has 2 bridgehead atoms. The number of urea groups is 1. The summed E-state index contributed by atoms with van der Waals surface area (Å²) in [5.74, 6) is 1.22. The van der Waals surface area contributed by atoms with E-state index in [0.29, 0.717) is 25.3 Å². The molecule has 2 rings (SSSR count). The zero-order chi connectivity index (χ0) is 15.4. The minimum Gasteiger partial charge on any atom is -0.481 e. The van der Waals surface area contributed by atoms with Crippen molar-refractivity contribution < 1.29 is 14.7 Å². The summed E-state index contributed by atoms with van der Waals surface area (Å²) in [6, 6.07) is 0.117. The average Bonchev–Trinajstić information content (AvgIpc) is 3.05. The van der Waals surface area contributed by atoms with E-state index < -0.39 is 5.97 Å². The lowest BCUT2D eigenvalue weighted by molar-refractivity contribution is -0.141.